The molecule has 0 saturated heterocycles. The van der Waals surface area contributed by atoms with Crippen LogP contribution in [0.2, 0.25) is 0 Å². The lowest BCUT2D eigenvalue weighted by Crippen LogP contribution is -2.20. The molecule has 0 aliphatic heterocycles. The molecular formula is C8H17NO. The first-order chi connectivity index (χ1) is 4.54. The highest BCUT2D eigenvalue weighted by Gasteiger charge is 2.08. The summed E-state index contributed by atoms with van der Waals surface area (Å²) >= 11 is 0. The maximum absolute atomic E-state index is 10.5. The van der Waals surface area contributed by atoms with Crippen LogP contribution in [-0.4, -0.2) is 5.91 Å². The molecule has 0 saturated carbocycles. The van der Waals surface area contributed by atoms with Gasteiger partial charge in [0.15, 0.2) is 0 Å². The van der Waals surface area contributed by atoms with Crippen LogP contribution in [0, 0.1) is 11.8 Å². The van der Waals surface area contributed by atoms with Crippen molar-refractivity contribution in [1.29, 1.82) is 0 Å². The van der Waals surface area contributed by atoms with Crippen LogP contribution in [0.1, 0.15) is 33.6 Å². The number of primary amides is 1. The molecule has 2 nitrogen and oxygen atoms in total. The second-order valence-electron chi connectivity index (χ2n) is 3.27. The van der Waals surface area contributed by atoms with Gasteiger partial charge in [0.1, 0.15) is 0 Å². The summed E-state index contributed by atoms with van der Waals surface area (Å²) in [6.07, 6.45) is 2.01. The highest BCUT2D eigenvalue weighted by Crippen LogP contribution is 2.10. The first-order valence-corrected chi connectivity index (χ1v) is 3.83. The van der Waals surface area contributed by atoms with Crippen molar-refractivity contribution in [2.45, 2.75) is 33.6 Å². The summed E-state index contributed by atoms with van der Waals surface area (Å²) in [5, 5.41) is 0. The Morgan fingerprint density at radius 3 is 2.10 bits per heavy atom. The predicted molar refractivity (Wildman–Crippen MR) is 42.4 cm³/mol. The fraction of sp³-hybridized carbons (Fsp3) is 0.875. The predicted octanol–water partition coefficient (Wildman–Crippen LogP) is 1.54. The molecule has 0 aliphatic rings. The van der Waals surface area contributed by atoms with Crippen LogP contribution in [-0.2, 0) is 4.79 Å². The molecule has 2 N–H and O–H groups in total. The maximum atomic E-state index is 10.5. The van der Waals surface area contributed by atoms with E-state index >= 15 is 0 Å². The molecule has 10 heavy (non-hydrogen) atoms. The number of carbonyl (C=O) groups excluding carboxylic acids is 1. The molecule has 0 aliphatic carbocycles. The Bertz CT molecular complexity index is 110. The van der Waals surface area contributed by atoms with Gasteiger partial charge in [-0.3, -0.25) is 4.79 Å². The fourth-order valence-electron chi connectivity index (χ4n) is 0.726. The zero-order valence-corrected chi connectivity index (χ0v) is 7.05. The van der Waals surface area contributed by atoms with Crippen molar-refractivity contribution < 1.29 is 4.79 Å². The average molecular weight is 143 g/mol. The van der Waals surface area contributed by atoms with Gasteiger partial charge >= 0.3 is 0 Å². The molecule has 0 bridgehead atoms. The molecule has 0 fully saturated rings. The van der Waals surface area contributed by atoms with Crippen LogP contribution in [0.15, 0.2) is 0 Å². The van der Waals surface area contributed by atoms with Crippen LogP contribution < -0.4 is 5.73 Å². The highest BCUT2D eigenvalue weighted by atomic mass is 16.1. The van der Waals surface area contributed by atoms with Gasteiger partial charge in [0.2, 0.25) is 5.91 Å². The van der Waals surface area contributed by atoms with Crippen molar-refractivity contribution in [1.82, 2.24) is 0 Å². The number of amides is 1. The summed E-state index contributed by atoms with van der Waals surface area (Å²) in [5.74, 6) is 0.532. The van der Waals surface area contributed by atoms with Gasteiger partial charge in [0.25, 0.3) is 0 Å². The molecule has 60 valence electrons. The molecule has 0 radical (unpaired) electrons. The van der Waals surface area contributed by atoms with E-state index in [1.54, 1.807) is 0 Å². The summed E-state index contributed by atoms with van der Waals surface area (Å²) in [7, 11) is 0. The Balaban J connectivity index is 3.40. The Morgan fingerprint density at radius 1 is 1.30 bits per heavy atom. The monoisotopic (exact) mass is 143 g/mol. The van der Waals surface area contributed by atoms with Gasteiger partial charge < -0.3 is 5.73 Å². The van der Waals surface area contributed by atoms with Crippen molar-refractivity contribution in [3.63, 3.8) is 0 Å². The van der Waals surface area contributed by atoms with Crippen molar-refractivity contribution in [2.24, 2.45) is 17.6 Å². The van der Waals surface area contributed by atoms with Crippen molar-refractivity contribution >= 4 is 5.91 Å². The van der Waals surface area contributed by atoms with Gasteiger partial charge in [0, 0.05) is 5.92 Å². The summed E-state index contributed by atoms with van der Waals surface area (Å²) < 4.78 is 0. The molecule has 1 amide bonds. The molecule has 0 aromatic carbocycles. The molecule has 0 aromatic heterocycles. The van der Waals surface area contributed by atoms with Crippen LogP contribution in [0.3, 0.4) is 0 Å². The number of rotatable bonds is 4. The van der Waals surface area contributed by atoms with Crippen LogP contribution in [0.25, 0.3) is 0 Å². The van der Waals surface area contributed by atoms with E-state index in [2.05, 4.69) is 13.8 Å². The Labute approximate surface area is 62.8 Å². The molecule has 0 heterocycles. The number of hydrogen-bond acceptors (Lipinski definition) is 1. The van der Waals surface area contributed by atoms with Gasteiger partial charge in [-0.05, 0) is 12.3 Å². The third-order valence-corrected chi connectivity index (χ3v) is 1.66. The molecule has 0 spiro atoms. The second kappa shape index (κ2) is 4.31. The highest BCUT2D eigenvalue weighted by molar-refractivity contribution is 5.76. The minimum absolute atomic E-state index is 0.0439. The first-order valence-electron chi connectivity index (χ1n) is 3.83. The summed E-state index contributed by atoms with van der Waals surface area (Å²) in [6.45, 7) is 6.17. The zero-order valence-electron chi connectivity index (χ0n) is 7.05. The van der Waals surface area contributed by atoms with Gasteiger partial charge in [0.05, 0.1) is 0 Å². The third-order valence-electron chi connectivity index (χ3n) is 1.66. The molecule has 0 aromatic rings. The topological polar surface area (TPSA) is 43.1 Å². The Morgan fingerprint density at radius 2 is 1.80 bits per heavy atom. The van der Waals surface area contributed by atoms with E-state index in [0.717, 1.165) is 12.8 Å². The number of hydrogen-bond donors (Lipinski definition) is 1. The van der Waals surface area contributed by atoms with E-state index in [0.29, 0.717) is 5.92 Å². The molecule has 1 atom stereocenters. The van der Waals surface area contributed by atoms with Crippen LogP contribution in [0.5, 0.6) is 0 Å². The third kappa shape index (κ3) is 4.36. The largest absolute Gasteiger partial charge is 0.369 e. The van der Waals surface area contributed by atoms with E-state index < -0.39 is 0 Å². The lowest BCUT2D eigenvalue weighted by molar-refractivity contribution is -0.121. The standard InChI is InChI=1S/C8H17NO/c1-6(2)4-5-7(3)8(9)10/h6-7H,4-5H2,1-3H3,(H2,9,10). The summed E-state index contributed by atoms with van der Waals surface area (Å²) in [5.41, 5.74) is 5.08. The van der Waals surface area contributed by atoms with Crippen molar-refractivity contribution in [3.8, 4) is 0 Å². The van der Waals surface area contributed by atoms with Crippen molar-refractivity contribution in [3.05, 3.63) is 0 Å². The quantitative estimate of drug-likeness (QED) is 0.637. The van der Waals surface area contributed by atoms with Crippen LogP contribution >= 0.6 is 0 Å². The van der Waals surface area contributed by atoms with Crippen LogP contribution in [0.4, 0.5) is 0 Å². The molecular weight excluding hydrogens is 126 g/mol. The maximum Gasteiger partial charge on any atom is 0.220 e. The smallest absolute Gasteiger partial charge is 0.220 e. The zero-order chi connectivity index (χ0) is 8.15. The average Bonchev–Trinajstić information content (AvgIpc) is 1.82. The van der Waals surface area contributed by atoms with E-state index in [9.17, 15) is 4.79 Å². The summed E-state index contributed by atoms with van der Waals surface area (Å²) in [4.78, 5) is 10.5. The normalized spacial score (nSPS) is 13.6. The SMILES string of the molecule is CC(C)CCC(C)C(N)=O. The lowest BCUT2D eigenvalue weighted by atomic mass is 9.99. The lowest BCUT2D eigenvalue weighted by Gasteiger charge is -2.07. The van der Waals surface area contributed by atoms with Gasteiger partial charge in [-0.2, -0.15) is 0 Å². The minimum Gasteiger partial charge on any atom is -0.369 e. The summed E-state index contributed by atoms with van der Waals surface area (Å²) in [6, 6.07) is 0. The first kappa shape index (κ1) is 9.47. The molecule has 1 unspecified atom stereocenters. The van der Waals surface area contributed by atoms with Crippen molar-refractivity contribution in [2.75, 3.05) is 0 Å². The van der Waals surface area contributed by atoms with E-state index in [1.807, 2.05) is 6.92 Å². The Hall–Kier alpha value is -0.530. The van der Waals surface area contributed by atoms with Gasteiger partial charge in [-0.15, -0.1) is 0 Å². The van der Waals surface area contributed by atoms with Gasteiger partial charge in [-0.1, -0.05) is 27.2 Å². The molecule has 2 heteroatoms. The van der Waals surface area contributed by atoms with E-state index in [4.69, 9.17) is 5.73 Å². The number of nitrogens with two attached hydrogens (primary N) is 1. The second-order valence-corrected chi connectivity index (χ2v) is 3.27. The molecule has 0 rings (SSSR count). The Kier molecular flexibility index (Phi) is 4.08. The van der Waals surface area contributed by atoms with Gasteiger partial charge in [-0.25, -0.2) is 0 Å². The number of carbonyl (C=O) groups is 1. The minimum atomic E-state index is -0.180. The van der Waals surface area contributed by atoms with E-state index in [-0.39, 0.29) is 11.8 Å². The van der Waals surface area contributed by atoms with E-state index in [1.165, 1.54) is 0 Å². The fourth-order valence-corrected chi connectivity index (χ4v) is 0.726.